The minimum atomic E-state index is -0.105. The van der Waals surface area contributed by atoms with Crippen LogP contribution >= 0.6 is 0 Å². The first-order chi connectivity index (χ1) is 4.16. The number of hydrogen-bond donors (Lipinski definition) is 2. The largest absolute Gasteiger partial charge is 0.370 e. The van der Waals surface area contributed by atoms with Gasteiger partial charge in [-0.25, -0.2) is 0 Å². The summed E-state index contributed by atoms with van der Waals surface area (Å²) in [4.78, 5) is 3.65. The maximum atomic E-state index is 8.25. The number of nitrogens with two attached hydrogens (primary N) is 2. The van der Waals surface area contributed by atoms with Gasteiger partial charge in [0.1, 0.15) is 0 Å². The number of hydrogen-bond acceptors (Lipinski definition) is 2. The SMILES string of the molecule is CC(C#N)CN=C(N)N. The first-order valence-electron chi connectivity index (χ1n) is 2.62. The summed E-state index contributed by atoms with van der Waals surface area (Å²) in [6.07, 6.45) is 0. The van der Waals surface area contributed by atoms with Crippen LogP contribution < -0.4 is 11.5 Å². The Hall–Kier alpha value is -1.24. The molecule has 0 fully saturated rings. The fourth-order valence-corrected chi connectivity index (χ4v) is 0.283. The molecule has 0 aromatic heterocycles. The van der Waals surface area contributed by atoms with Gasteiger partial charge in [-0.05, 0) is 6.92 Å². The van der Waals surface area contributed by atoms with E-state index < -0.39 is 0 Å². The number of rotatable bonds is 2. The van der Waals surface area contributed by atoms with Crippen molar-refractivity contribution < 1.29 is 0 Å². The van der Waals surface area contributed by atoms with Crippen LogP contribution in [0.3, 0.4) is 0 Å². The molecule has 0 aliphatic carbocycles. The molecule has 4 heteroatoms. The van der Waals surface area contributed by atoms with E-state index in [2.05, 4.69) is 4.99 Å². The maximum Gasteiger partial charge on any atom is 0.185 e. The Morgan fingerprint density at radius 2 is 2.33 bits per heavy atom. The first-order valence-corrected chi connectivity index (χ1v) is 2.62. The molecule has 0 rings (SSSR count). The Kier molecular flexibility index (Phi) is 3.21. The highest BCUT2D eigenvalue weighted by molar-refractivity contribution is 5.75. The van der Waals surface area contributed by atoms with Crippen molar-refractivity contribution in [2.75, 3.05) is 6.54 Å². The molecular weight excluding hydrogens is 116 g/mol. The predicted octanol–water partition coefficient (Wildman–Crippen LogP) is -0.581. The van der Waals surface area contributed by atoms with Gasteiger partial charge >= 0.3 is 0 Å². The second-order valence-electron chi connectivity index (χ2n) is 1.80. The molecule has 9 heavy (non-hydrogen) atoms. The van der Waals surface area contributed by atoms with Crippen LogP contribution in [0.25, 0.3) is 0 Å². The van der Waals surface area contributed by atoms with Crippen LogP contribution in [0.2, 0.25) is 0 Å². The smallest absolute Gasteiger partial charge is 0.185 e. The molecule has 1 unspecified atom stereocenters. The van der Waals surface area contributed by atoms with E-state index in [1.54, 1.807) is 6.92 Å². The number of nitrogens with zero attached hydrogens (tertiary/aromatic N) is 2. The summed E-state index contributed by atoms with van der Waals surface area (Å²) in [5.74, 6) is -0.0656. The molecule has 0 aliphatic rings. The van der Waals surface area contributed by atoms with Crippen LogP contribution in [-0.2, 0) is 0 Å². The Labute approximate surface area is 54.2 Å². The summed E-state index contributed by atoms with van der Waals surface area (Å²) >= 11 is 0. The fraction of sp³-hybridized carbons (Fsp3) is 0.600. The lowest BCUT2D eigenvalue weighted by molar-refractivity contribution is 0.755. The van der Waals surface area contributed by atoms with Crippen molar-refractivity contribution in [1.82, 2.24) is 0 Å². The maximum absolute atomic E-state index is 8.25. The number of nitriles is 1. The van der Waals surface area contributed by atoms with Gasteiger partial charge in [0.25, 0.3) is 0 Å². The number of guanidine groups is 1. The predicted molar refractivity (Wildman–Crippen MR) is 35.5 cm³/mol. The second-order valence-corrected chi connectivity index (χ2v) is 1.80. The lowest BCUT2D eigenvalue weighted by atomic mass is 10.2. The zero-order valence-corrected chi connectivity index (χ0v) is 5.33. The highest BCUT2D eigenvalue weighted by Gasteiger charge is 1.94. The average molecular weight is 126 g/mol. The third kappa shape index (κ3) is 4.62. The molecule has 0 radical (unpaired) electrons. The van der Waals surface area contributed by atoms with Crippen LogP contribution in [0.15, 0.2) is 4.99 Å². The molecular formula is C5H10N4. The van der Waals surface area contributed by atoms with E-state index in [-0.39, 0.29) is 11.9 Å². The minimum Gasteiger partial charge on any atom is -0.370 e. The molecule has 0 aromatic carbocycles. The standard InChI is InChI=1S/C5H10N4/c1-4(2-6)3-9-5(7)8/h4H,3H2,1H3,(H4,7,8,9). The van der Waals surface area contributed by atoms with E-state index >= 15 is 0 Å². The highest BCUT2D eigenvalue weighted by Crippen LogP contribution is 1.89. The summed E-state index contributed by atoms with van der Waals surface area (Å²) in [6, 6.07) is 2.00. The van der Waals surface area contributed by atoms with Gasteiger partial charge in [-0.15, -0.1) is 0 Å². The molecule has 0 aromatic rings. The molecule has 0 bridgehead atoms. The Morgan fingerprint density at radius 1 is 1.78 bits per heavy atom. The van der Waals surface area contributed by atoms with Gasteiger partial charge in [0, 0.05) is 0 Å². The summed E-state index contributed by atoms with van der Waals surface area (Å²) in [6.45, 7) is 2.14. The van der Waals surface area contributed by atoms with Crippen molar-refractivity contribution in [2.45, 2.75) is 6.92 Å². The normalized spacial score (nSPS) is 11.6. The lowest BCUT2D eigenvalue weighted by Crippen LogP contribution is -2.23. The van der Waals surface area contributed by atoms with E-state index in [0.29, 0.717) is 6.54 Å². The van der Waals surface area contributed by atoms with Crippen LogP contribution in [-0.4, -0.2) is 12.5 Å². The van der Waals surface area contributed by atoms with E-state index in [4.69, 9.17) is 16.7 Å². The second kappa shape index (κ2) is 3.72. The van der Waals surface area contributed by atoms with E-state index in [9.17, 15) is 0 Å². The van der Waals surface area contributed by atoms with Crippen LogP contribution in [0, 0.1) is 17.2 Å². The Balaban J connectivity index is 3.53. The van der Waals surface area contributed by atoms with Crippen molar-refractivity contribution in [1.29, 1.82) is 5.26 Å². The van der Waals surface area contributed by atoms with Gasteiger partial charge in [0.15, 0.2) is 5.96 Å². The highest BCUT2D eigenvalue weighted by atomic mass is 15.0. The van der Waals surface area contributed by atoms with Gasteiger partial charge in [0.2, 0.25) is 0 Å². The lowest BCUT2D eigenvalue weighted by Gasteiger charge is -1.94. The van der Waals surface area contributed by atoms with E-state index in [0.717, 1.165) is 0 Å². The molecule has 4 N–H and O–H groups in total. The number of aliphatic imine (C=N–C) groups is 1. The van der Waals surface area contributed by atoms with Crippen molar-refractivity contribution in [3.63, 3.8) is 0 Å². The van der Waals surface area contributed by atoms with Crippen molar-refractivity contribution in [3.8, 4) is 6.07 Å². The summed E-state index contributed by atoms with van der Waals surface area (Å²) in [7, 11) is 0. The van der Waals surface area contributed by atoms with Crippen molar-refractivity contribution in [3.05, 3.63) is 0 Å². The van der Waals surface area contributed by atoms with Crippen LogP contribution in [0.4, 0.5) is 0 Å². The molecule has 50 valence electrons. The molecule has 0 heterocycles. The quantitative estimate of drug-likeness (QED) is 0.383. The third-order valence-electron chi connectivity index (χ3n) is 0.768. The van der Waals surface area contributed by atoms with Crippen molar-refractivity contribution >= 4 is 5.96 Å². The summed E-state index contributed by atoms with van der Waals surface area (Å²) in [5, 5.41) is 8.25. The van der Waals surface area contributed by atoms with E-state index in [1.807, 2.05) is 6.07 Å². The molecule has 4 nitrogen and oxygen atoms in total. The minimum absolute atomic E-state index is 0.0390. The summed E-state index contributed by atoms with van der Waals surface area (Å²) in [5.41, 5.74) is 10.0. The van der Waals surface area contributed by atoms with Crippen LogP contribution in [0.5, 0.6) is 0 Å². The van der Waals surface area contributed by atoms with Gasteiger partial charge < -0.3 is 11.5 Å². The molecule has 0 spiro atoms. The fourth-order valence-electron chi connectivity index (χ4n) is 0.283. The average Bonchev–Trinajstić information content (AvgIpc) is 1.83. The molecule has 0 aliphatic heterocycles. The topological polar surface area (TPSA) is 88.2 Å². The molecule has 0 amide bonds. The van der Waals surface area contributed by atoms with Crippen LogP contribution in [0.1, 0.15) is 6.92 Å². The Morgan fingerprint density at radius 3 is 2.67 bits per heavy atom. The molecule has 1 atom stereocenters. The zero-order chi connectivity index (χ0) is 7.28. The molecule has 0 saturated carbocycles. The summed E-state index contributed by atoms with van der Waals surface area (Å²) < 4.78 is 0. The first kappa shape index (κ1) is 7.76. The van der Waals surface area contributed by atoms with Gasteiger partial charge in [-0.1, -0.05) is 0 Å². The van der Waals surface area contributed by atoms with Crippen molar-refractivity contribution in [2.24, 2.45) is 22.4 Å². The van der Waals surface area contributed by atoms with E-state index in [1.165, 1.54) is 0 Å². The Bertz CT molecular complexity index is 140. The monoisotopic (exact) mass is 126 g/mol. The van der Waals surface area contributed by atoms with Gasteiger partial charge in [0.05, 0.1) is 18.5 Å². The third-order valence-corrected chi connectivity index (χ3v) is 0.768. The zero-order valence-electron chi connectivity index (χ0n) is 5.33. The van der Waals surface area contributed by atoms with Gasteiger partial charge in [-0.2, -0.15) is 5.26 Å². The van der Waals surface area contributed by atoms with Gasteiger partial charge in [-0.3, -0.25) is 4.99 Å². The molecule has 0 saturated heterocycles.